The maximum absolute atomic E-state index is 5.72. The molecule has 0 atom stereocenters. The molecular weight excluding hydrogens is 190 g/mol. The maximum atomic E-state index is 5.72. The van der Waals surface area contributed by atoms with Crippen molar-refractivity contribution in [3.63, 3.8) is 0 Å². The Kier molecular flexibility index (Phi) is 4.02. The van der Waals surface area contributed by atoms with E-state index in [2.05, 4.69) is 18.8 Å². The molecule has 3 heteroatoms. The predicted octanol–water partition coefficient (Wildman–Crippen LogP) is 3.40. The van der Waals surface area contributed by atoms with Crippen LogP contribution in [0.25, 0.3) is 0 Å². The summed E-state index contributed by atoms with van der Waals surface area (Å²) in [7, 11) is 0. The monoisotopic (exact) mass is 203 g/mol. The number of alkyl halides is 1. The zero-order chi connectivity index (χ0) is 8.97. The summed E-state index contributed by atoms with van der Waals surface area (Å²) in [5.74, 6) is 0.557. The largest absolute Gasteiger partial charge is 0.245 e. The van der Waals surface area contributed by atoms with Crippen LogP contribution in [0.2, 0.25) is 0 Å². The number of hydrogen-bond acceptors (Lipinski definition) is 2. The number of rotatable bonds is 4. The minimum Gasteiger partial charge on any atom is -0.245 e. The molecule has 0 amide bonds. The first kappa shape index (κ1) is 10.0. The van der Waals surface area contributed by atoms with Crippen molar-refractivity contribution in [2.45, 2.75) is 39.0 Å². The van der Waals surface area contributed by atoms with E-state index in [0.29, 0.717) is 5.88 Å². The molecule has 0 radical (unpaired) electrons. The van der Waals surface area contributed by atoms with Crippen LogP contribution in [0.15, 0.2) is 0 Å². The molecule has 0 spiro atoms. The fourth-order valence-electron chi connectivity index (χ4n) is 1.20. The van der Waals surface area contributed by atoms with Crippen molar-refractivity contribution in [1.82, 2.24) is 4.98 Å². The normalized spacial score (nSPS) is 10.6. The van der Waals surface area contributed by atoms with Gasteiger partial charge in [0.15, 0.2) is 0 Å². The summed E-state index contributed by atoms with van der Waals surface area (Å²) in [5.41, 5.74) is 1.26. The molecule has 1 aromatic heterocycles. The standard InChI is InChI=1S/C9H14ClNS/c1-3-5-7-8(4-2)12-9(6-10)11-7/h3-6H2,1-2H3. The highest BCUT2D eigenvalue weighted by Gasteiger charge is 2.07. The van der Waals surface area contributed by atoms with Gasteiger partial charge in [-0.25, -0.2) is 4.98 Å². The SMILES string of the molecule is CCCc1nc(CCl)sc1CC. The smallest absolute Gasteiger partial charge is 0.108 e. The number of thiazole rings is 1. The molecule has 0 aliphatic heterocycles. The lowest BCUT2D eigenvalue weighted by Gasteiger charge is -1.94. The van der Waals surface area contributed by atoms with Crippen molar-refractivity contribution in [2.75, 3.05) is 0 Å². The molecule has 0 fully saturated rings. The molecule has 0 bridgehead atoms. The molecule has 68 valence electrons. The third kappa shape index (κ3) is 2.20. The van der Waals surface area contributed by atoms with Crippen LogP contribution in [0.1, 0.15) is 35.8 Å². The lowest BCUT2D eigenvalue weighted by molar-refractivity contribution is 0.870. The molecule has 0 aliphatic carbocycles. The lowest BCUT2D eigenvalue weighted by atomic mass is 10.2. The minimum atomic E-state index is 0.557. The van der Waals surface area contributed by atoms with E-state index < -0.39 is 0 Å². The van der Waals surface area contributed by atoms with Crippen LogP contribution < -0.4 is 0 Å². The number of aryl methyl sites for hydroxylation is 2. The Morgan fingerprint density at radius 1 is 1.42 bits per heavy atom. The second-order valence-electron chi connectivity index (χ2n) is 2.71. The zero-order valence-corrected chi connectivity index (χ0v) is 9.13. The average molecular weight is 204 g/mol. The van der Waals surface area contributed by atoms with Gasteiger partial charge in [0, 0.05) is 4.88 Å². The molecule has 0 saturated carbocycles. The number of aromatic nitrogens is 1. The fourth-order valence-corrected chi connectivity index (χ4v) is 2.33. The number of hydrogen-bond donors (Lipinski definition) is 0. The van der Waals surface area contributed by atoms with Crippen LogP contribution in [0.3, 0.4) is 0 Å². The topological polar surface area (TPSA) is 12.9 Å². The van der Waals surface area contributed by atoms with Crippen molar-refractivity contribution >= 4 is 22.9 Å². The minimum absolute atomic E-state index is 0.557. The third-order valence-electron chi connectivity index (χ3n) is 1.74. The van der Waals surface area contributed by atoms with Crippen LogP contribution in [0.5, 0.6) is 0 Å². The average Bonchev–Trinajstić information content (AvgIpc) is 2.48. The first-order valence-corrected chi connectivity index (χ1v) is 5.70. The van der Waals surface area contributed by atoms with E-state index in [1.807, 2.05) is 0 Å². The first-order valence-electron chi connectivity index (χ1n) is 4.35. The Morgan fingerprint density at radius 2 is 2.17 bits per heavy atom. The van der Waals surface area contributed by atoms with E-state index in [4.69, 9.17) is 11.6 Å². The highest BCUT2D eigenvalue weighted by atomic mass is 35.5. The van der Waals surface area contributed by atoms with Crippen LogP contribution in [-0.4, -0.2) is 4.98 Å². The van der Waals surface area contributed by atoms with Crippen LogP contribution in [-0.2, 0) is 18.7 Å². The molecule has 1 rings (SSSR count). The van der Waals surface area contributed by atoms with Gasteiger partial charge >= 0.3 is 0 Å². The van der Waals surface area contributed by atoms with E-state index in [0.717, 1.165) is 17.8 Å². The highest BCUT2D eigenvalue weighted by Crippen LogP contribution is 2.21. The van der Waals surface area contributed by atoms with E-state index in [-0.39, 0.29) is 0 Å². The molecule has 0 unspecified atom stereocenters. The van der Waals surface area contributed by atoms with Gasteiger partial charge in [-0.15, -0.1) is 22.9 Å². The number of nitrogens with zero attached hydrogens (tertiary/aromatic N) is 1. The summed E-state index contributed by atoms with van der Waals surface area (Å²) in [6.45, 7) is 4.35. The Bertz CT molecular complexity index is 245. The predicted molar refractivity (Wildman–Crippen MR) is 55.0 cm³/mol. The molecule has 12 heavy (non-hydrogen) atoms. The second-order valence-corrected chi connectivity index (χ2v) is 4.15. The highest BCUT2D eigenvalue weighted by molar-refractivity contribution is 7.11. The van der Waals surface area contributed by atoms with Gasteiger partial charge in [-0.2, -0.15) is 0 Å². The summed E-state index contributed by atoms with van der Waals surface area (Å²) < 4.78 is 0. The van der Waals surface area contributed by atoms with E-state index in [1.165, 1.54) is 17.0 Å². The van der Waals surface area contributed by atoms with Crippen LogP contribution in [0.4, 0.5) is 0 Å². The van der Waals surface area contributed by atoms with E-state index in [9.17, 15) is 0 Å². The van der Waals surface area contributed by atoms with Gasteiger partial charge in [-0.05, 0) is 12.8 Å². The van der Waals surface area contributed by atoms with E-state index >= 15 is 0 Å². The first-order chi connectivity index (χ1) is 5.81. The second kappa shape index (κ2) is 4.83. The molecule has 0 saturated heterocycles. The van der Waals surface area contributed by atoms with E-state index in [1.54, 1.807) is 11.3 Å². The fraction of sp³-hybridized carbons (Fsp3) is 0.667. The Balaban J connectivity index is 2.84. The molecule has 1 heterocycles. The maximum Gasteiger partial charge on any atom is 0.108 e. The van der Waals surface area contributed by atoms with Crippen molar-refractivity contribution < 1.29 is 0 Å². The molecule has 1 aromatic rings. The quantitative estimate of drug-likeness (QED) is 0.684. The van der Waals surface area contributed by atoms with Crippen molar-refractivity contribution in [3.05, 3.63) is 15.6 Å². The molecule has 0 aromatic carbocycles. The van der Waals surface area contributed by atoms with Gasteiger partial charge in [-0.1, -0.05) is 20.3 Å². The molecular formula is C9H14ClNS. The van der Waals surface area contributed by atoms with Gasteiger partial charge in [0.1, 0.15) is 5.01 Å². The Hall–Kier alpha value is -0.0800. The Morgan fingerprint density at radius 3 is 2.67 bits per heavy atom. The zero-order valence-electron chi connectivity index (χ0n) is 7.56. The van der Waals surface area contributed by atoms with Crippen LogP contribution in [0, 0.1) is 0 Å². The molecule has 1 nitrogen and oxygen atoms in total. The van der Waals surface area contributed by atoms with Gasteiger partial charge in [-0.3, -0.25) is 0 Å². The summed E-state index contributed by atoms with van der Waals surface area (Å²) in [4.78, 5) is 5.89. The van der Waals surface area contributed by atoms with Crippen molar-refractivity contribution in [1.29, 1.82) is 0 Å². The summed E-state index contributed by atoms with van der Waals surface area (Å²) >= 11 is 7.47. The van der Waals surface area contributed by atoms with Crippen LogP contribution >= 0.6 is 22.9 Å². The van der Waals surface area contributed by atoms with Gasteiger partial charge < -0.3 is 0 Å². The Labute approximate surface area is 82.8 Å². The van der Waals surface area contributed by atoms with Gasteiger partial charge in [0.05, 0.1) is 11.6 Å². The van der Waals surface area contributed by atoms with Gasteiger partial charge in [0.25, 0.3) is 0 Å². The summed E-state index contributed by atoms with van der Waals surface area (Å²) in [6.07, 6.45) is 3.35. The lowest BCUT2D eigenvalue weighted by Crippen LogP contribution is -1.88. The third-order valence-corrected chi connectivity index (χ3v) is 3.40. The summed E-state index contributed by atoms with van der Waals surface area (Å²) in [6, 6.07) is 0. The van der Waals surface area contributed by atoms with Crippen molar-refractivity contribution in [3.8, 4) is 0 Å². The number of halogens is 1. The molecule has 0 N–H and O–H groups in total. The summed E-state index contributed by atoms with van der Waals surface area (Å²) in [5, 5.41) is 1.07. The van der Waals surface area contributed by atoms with Gasteiger partial charge in [0.2, 0.25) is 0 Å². The van der Waals surface area contributed by atoms with Crippen molar-refractivity contribution in [2.24, 2.45) is 0 Å². The molecule has 0 aliphatic rings.